The van der Waals surface area contributed by atoms with Crippen molar-refractivity contribution in [3.8, 4) is 5.75 Å². The highest BCUT2D eigenvalue weighted by molar-refractivity contribution is 5.93. The van der Waals surface area contributed by atoms with Gasteiger partial charge in [0.15, 0.2) is 5.78 Å². The molecule has 0 atom stereocenters. The van der Waals surface area contributed by atoms with E-state index in [0.717, 1.165) is 35.1 Å². The summed E-state index contributed by atoms with van der Waals surface area (Å²) in [4.78, 5) is 11.0. The average molecular weight is 310 g/mol. The molecule has 2 aromatic carbocycles. The first kappa shape index (κ1) is 17.3. The molecule has 0 bridgehead atoms. The molecule has 0 saturated carbocycles. The number of unbranched alkanes of at least 4 members (excludes halogenated alkanes) is 4. The molecule has 2 rings (SSSR count). The van der Waals surface area contributed by atoms with E-state index in [0.29, 0.717) is 0 Å². The summed E-state index contributed by atoms with van der Waals surface area (Å²) in [6.45, 7) is 4.57. The van der Waals surface area contributed by atoms with Crippen molar-refractivity contribution in [3.05, 3.63) is 48.0 Å². The first-order chi connectivity index (χ1) is 11.2. The first-order valence-electron chi connectivity index (χ1n) is 8.54. The summed E-state index contributed by atoms with van der Waals surface area (Å²) in [5, 5.41) is 2.32. The molecule has 0 aliphatic carbocycles. The van der Waals surface area contributed by atoms with Gasteiger partial charge < -0.3 is 4.74 Å². The number of allylic oxidation sites excluding steroid dienone is 1. The Morgan fingerprint density at radius 1 is 1.00 bits per heavy atom. The van der Waals surface area contributed by atoms with Gasteiger partial charge in [-0.2, -0.15) is 0 Å². The second-order valence-electron chi connectivity index (χ2n) is 5.98. The minimum Gasteiger partial charge on any atom is -0.494 e. The highest BCUT2D eigenvalue weighted by Gasteiger charge is 1.99. The van der Waals surface area contributed by atoms with Gasteiger partial charge in [0.25, 0.3) is 0 Å². The molecule has 122 valence electrons. The summed E-state index contributed by atoms with van der Waals surface area (Å²) in [6.07, 6.45) is 9.69. The van der Waals surface area contributed by atoms with Crippen molar-refractivity contribution in [1.29, 1.82) is 0 Å². The van der Waals surface area contributed by atoms with E-state index in [9.17, 15) is 4.79 Å². The second-order valence-corrected chi connectivity index (χ2v) is 5.98. The zero-order chi connectivity index (χ0) is 16.5. The third-order valence-electron chi connectivity index (χ3n) is 3.86. The largest absolute Gasteiger partial charge is 0.494 e. The topological polar surface area (TPSA) is 26.3 Å². The van der Waals surface area contributed by atoms with Crippen molar-refractivity contribution in [2.45, 2.75) is 46.0 Å². The molecule has 2 nitrogen and oxygen atoms in total. The van der Waals surface area contributed by atoms with E-state index in [1.807, 2.05) is 18.2 Å². The van der Waals surface area contributed by atoms with Crippen molar-refractivity contribution in [1.82, 2.24) is 0 Å². The van der Waals surface area contributed by atoms with Gasteiger partial charge in [0.2, 0.25) is 0 Å². The van der Waals surface area contributed by atoms with Crippen LogP contribution in [0.3, 0.4) is 0 Å². The van der Waals surface area contributed by atoms with Crippen LogP contribution in [-0.2, 0) is 4.79 Å². The molecule has 2 heteroatoms. The normalized spacial score (nSPS) is 11.2. The van der Waals surface area contributed by atoms with Crippen LogP contribution in [0.2, 0.25) is 0 Å². The molecular weight excluding hydrogens is 284 g/mol. The number of carbonyl (C=O) groups is 1. The maximum Gasteiger partial charge on any atom is 0.152 e. The molecular formula is C21H26O2. The number of ether oxygens (including phenoxy) is 1. The highest BCUT2D eigenvalue weighted by Crippen LogP contribution is 2.23. The fraction of sp³-hybridized carbons (Fsp3) is 0.381. The highest BCUT2D eigenvalue weighted by atomic mass is 16.5. The zero-order valence-electron chi connectivity index (χ0n) is 14.2. The smallest absolute Gasteiger partial charge is 0.152 e. The predicted octanol–water partition coefficient (Wildman–Crippen LogP) is 5.79. The van der Waals surface area contributed by atoms with Crippen LogP contribution in [0.1, 0.15) is 51.5 Å². The lowest BCUT2D eigenvalue weighted by Crippen LogP contribution is -1.97. The molecule has 0 aliphatic rings. The fourth-order valence-electron chi connectivity index (χ4n) is 2.54. The van der Waals surface area contributed by atoms with E-state index in [1.165, 1.54) is 25.7 Å². The van der Waals surface area contributed by atoms with Crippen molar-refractivity contribution >= 4 is 22.6 Å². The van der Waals surface area contributed by atoms with E-state index in [1.54, 1.807) is 13.0 Å². The number of hydrogen-bond donors (Lipinski definition) is 0. The van der Waals surface area contributed by atoms with Gasteiger partial charge in [-0.15, -0.1) is 0 Å². The van der Waals surface area contributed by atoms with Crippen LogP contribution >= 0.6 is 0 Å². The Labute approximate surface area is 139 Å². The Morgan fingerprint density at radius 3 is 2.52 bits per heavy atom. The Hall–Kier alpha value is -2.09. The van der Waals surface area contributed by atoms with Crippen LogP contribution in [0, 0.1) is 0 Å². The van der Waals surface area contributed by atoms with Crippen LogP contribution < -0.4 is 4.74 Å². The minimum atomic E-state index is 0.0628. The van der Waals surface area contributed by atoms with Gasteiger partial charge in [0, 0.05) is 0 Å². The molecule has 0 radical (unpaired) electrons. The van der Waals surface area contributed by atoms with Crippen LogP contribution in [-0.4, -0.2) is 12.4 Å². The van der Waals surface area contributed by atoms with Gasteiger partial charge in [0.05, 0.1) is 6.61 Å². The number of benzene rings is 2. The van der Waals surface area contributed by atoms with Crippen LogP contribution in [0.5, 0.6) is 5.75 Å². The molecule has 2 aromatic rings. The number of rotatable bonds is 9. The molecule has 0 spiro atoms. The molecule has 0 fully saturated rings. The molecule has 0 N–H and O–H groups in total. The molecule has 0 amide bonds. The maximum atomic E-state index is 11.0. The fourth-order valence-corrected chi connectivity index (χ4v) is 2.54. The Kier molecular flexibility index (Phi) is 6.86. The Bertz CT molecular complexity index is 671. The predicted molar refractivity (Wildman–Crippen MR) is 97.9 cm³/mol. The van der Waals surface area contributed by atoms with E-state index >= 15 is 0 Å². The van der Waals surface area contributed by atoms with E-state index < -0.39 is 0 Å². The van der Waals surface area contributed by atoms with Gasteiger partial charge >= 0.3 is 0 Å². The summed E-state index contributed by atoms with van der Waals surface area (Å²) in [5.74, 6) is 0.993. The third kappa shape index (κ3) is 5.90. The Balaban J connectivity index is 1.94. The lowest BCUT2D eigenvalue weighted by Gasteiger charge is -2.08. The summed E-state index contributed by atoms with van der Waals surface area (Å²) in [7, 11) is 0. The van der Waals surface area contributed by atoms with Crippen molar-refractivity contribution in [2.75, 3.05) is 6.61 Å². The van der Waals surface area contributed by atoms with E-state index in [-0.39, 0.29) is 5.78 Å². The summed E-state index contributed by atoms with van der Waals surface area (Å²) in [6, 6.07) is 12.4. The summed E-state index contributed by atoms with van der Waals surface area (Å²) < 4.78 is 5.84. The van der Waals surface area contributed by atoms with Crippen molar-refractivity contribution in [2.24, 2.45) is 0 Å². The number of hydrogen-bond acceptors (Lipinski definition) is 2. The zero-order valence-corrected chi connectivity index (χ0v) is 14.2. The summed E-state index contributed by atoms with van der Waals surface area (Å²) in [5.41, 5.74) is 1.04. The molecule has 0 aliphatic heterocycles. The molecule has 0 saturated heterocycles. The van der Waals surface area contributed by atoms with Crippen LogP contribution in [0.4, 0.5) is 0 Å². The molecule has 0 aromatic heterocycles. The third-order valence-corrected chi connectivity index (χ3v) is 3.86. The first-order valence-corrected chi connectivity index (χ1v) is 8.54. The van der Waals surface area contributed by atoms with Gasteiger partial charge in [0.1, 0.15) is 5.75 Å². The number of carbonyl (C=O) groups excluding carboxylic acids is 1. The molecule has 0 heterocycles. The average Bonchev–Trinajstić information content (AvgIpc) is 2.56. The monoisotopic (exact) mass is 310 g/mol. The van der Waals surface area contributed by atoms with Crippen LogP contribution in [0.15, 0.2) is 42.5 Å². The van der Waals surface area contributed by atoms with Crippen LogP contribution in [0.25, 0.3) is 16.8 Å². The van der Waals surface area contributed by atoms with Crippen molar-refractivity contribution < 1.29 is 9.53 Å². The van der Waals surface area contributed by atoms with Crippen molar-refractivity contribution in [3.63, 3.8) is 0 Å². The lowest BCUT2D eigenvalue weighted by molar-refractivity contribution is -0.112. The van der Waals surface area contributed by atoms with E-state index in [2.05, 4.69) is 31.2 Å². The van der Waals surface area contributed by atoms with Gasteiger partial charge in [-0.3, -0.25) is 4.79 Å². The minimum absolute atomic E-state index is 0.0628. The van der Waals surface area contributed by atoms with Gasteiger partial charge in [-0.05, 0) is 54.0 Å². The number of ketones is 1. The quantitative estimate of drug-likeness (QED) is 0.433. The lowest BCUT2D eigenvalue weighted by atomic mass is 10.1. The Morgan fingerprint density at radius 2 is 1.74 bits per heavy atom. The number of fused-ring (bicyclic) bond motifs is 1. The molecule has 0 unspecified atom stereocenters. The maximum absolute atomic E-state index is 11.0. The standard InChI is InChI=1S/C21H26O2/c1-3-4-5-6-7-14-23-21-13-12-19-15-18(9-8-17(2)22)10-11-20(19)16-21/h8-13,15-16H,3-7,14H2,1-2H3. The molecule has 23 heavy (non-hydrogen) atoms. The van der Waals surface area contributed by atoms with E-state index in [4.69, 9.17) is 4.74 Å². The SMILES string of the molecule is CCCCCCCOc1ccc2cc(C=CC(C)=O)ccc2c1. The van der Waals surface area contributed by atoms with Gasteiger partial charge in [-0.25, -0.2) is 0 Å². The van der Waals surface area contributed by atoms with Gasteiger partial charge in [-0.1, -0.05) is 56.9 Å². The second kappa shape index (κ2) is 9.14. The summed E-state index contributed by atoms with van der Waals surface area (Å²) >= 11 is 0.